The highest BCUT2D eigenvalue weighted by Crippen LogP contribution is 2.42. The maximum absolute atomic E-state index is 14.8. The first-order chi connectivity index (χ1) is 22.1. The molecule has 4 heterocycles. The monoisotopic (exact) mass is 665 g/mol. The molecule has 0 bridgehead atoms. The minimum absolute atomic E-state index is 0.0196. The van der Waals surface area contributed by atoms with Crippen LogP contribution in [0.2, 0.25) is 0 Å². The molecule has 47 heavy (non-hydrogen) atoms. The second-order valence-electron chi connectivity index (χ2n) is 12.3. The average Bonchev–Trinajstić information content (AvgIpc) is 3.59. The van der Waals surface area contributed by atoms with Gasteiger partial charge >= 0.3 is 12.4 Å². The second-order valence-corrected chi connectivity index (χ2v) is 12.3. The van der Waals surface area contributed by atoms with Crippen LogP contribution >= 0.6 is 0 Å². The van der Waals surface area contributed by atoms with Crippen molar-refractivity contribution >= 4 is 11.8 Å². The van der Waals surface area contributed by atoms with Gasteiger partial charge in [-0.25, -0.2) is 0 Å². The molecule has 0 radical (unpaired) electrons. The lowest BCUT2D eigenvalue weighted by Crippen LogP contribution is -2.67. The normalized spacial score (nSPS) is 22.1. The summed E-state index contributed by atoms with van der Waals surface area (Å²) in [5.74, 6) is -1.46. The molecule has 8 nitrogen and oxygen atoms in total. The largest absolute Gasteiger partial charge is 0.475 e. The van der Waals surface area contributed by atoms with Crippen LogP contribution in [0.5, 0.6) is 5.75 Å². The number of rotatable bonds is 7. The number of carbonyl (C=O) groups excluding carboxylic acids is 2. The molecule has 0 N–H and O–H groups in total. The Morgan fingerprint density at radius 2 is 1.72 bits per heavy atom. The first-order valence-electron chi connectivity index (χ1n) is 15.6. The van der Waals surface area contributed by atoms with Crippen LogP contribution in [0.4, 0.5) is 26.3 Å². The predicted octanol–water partition coefficient (Wildman–Crippen LogP) is 6.71. The zero-order valence-corrected chi connectivity index (χ0v) is 26.6. The molecular weight excluding hydrogens is 628 g/mol. The van der Waals surface area contributed by atoms with E-state index in [2.05, 4.69) is 10.1 Å². The number of likely N-dealkylation sites (tertiary alicyclic amines) is 2. The van der Waals surface area contributed by atoms with Crippen molar-refractivity contribution in [2.24, 2.45) is 7.05 Å². The van der Waals surface area contributed by atoms with Crippen molar-refractivity contribution in [3.63, 3.8) is 0 Å². The summed E-state index contributed by atoms with van der Waals surface area (Å²) in [7, 11) is 1.84. The summed E-state index contributed by atoms with van der Waals surface area (Å²) in [6.45, 7) is 6.39. The molecule has 2 amide bonds. The van der Waals surface area contributed by atoms with Crippen molar-refractivity contribution in [3.05, 3.63) is 76.4 Å². The fourth-order valence-electron chi connectivity index (χ4n) is 7.12. The van der Waals surface area contributed by atoms with Gasteiger partial charge in [0.05, 0.1) is 28.4 Å². The van der Waals surface area contributed by atoms with E-state index in [-0.39, 0.29) is 37.5 Å². The molecule has 2 aliphatic heterocycles. The van der Waals surface area contributed by atoms with E-state index in [4.69, 9.17) is 4.74 Å². The average molecular weight is 666 g/mol. The van der Waals surface area contributed by atoms with Crippen molar-refractivity contribution in [2.75, 3.05) is 19.6 Å². The molecule has 2 fully saturated rings. The van der Waals surface area contributed by atoms with Crippen LogP contribution in [0.25, 0.3) is 0 Å². The third-order valence-electron chi connectivity index (χ3n) is 9.33. The van der Waals surface area contributed by atoms with Crippen LogP contribution in [-0.2, 0) is 24.2 Å². The molecule has 0 spiro atoms. The number of hydrogen-bond donors (Lipinski definition) is 0. The van der Waals surface area contributed by atoms with Crippen molar-refractivity contribution in [3.8, 4) is 5.75 Å². The maximum Gasteiger partial charge on any atom is 0.417 e. The zero-order chi connectivity index (χ0) is 34.3. The van der Waals surface area contributed by atoms with Gasteiger partial charge in [-0.2, -0.15) is 31.4 Å². The molecule has 5 rings (SSSR count). The van der Waals surface area contributed by atoms with Gasteiger partial charge in [0, 0.05) is 62.7 Å². The summed E-state index contributed by atoms with van der Waals surface area (Å²) in [5.41, 5.74) is -1.65. The Balaban J connectivity index is 1.57. The van der Waals surface area contributed by atoms with Crippen LogP contribution in [-0.4, -0.2) is 67.7 Å². The summed E-state index contributed by atoms with van der Waals surface area (Å²) in [4.78, 5) is 35.4. The second kappa shape index (κ2) is 12.8. The molecule has 14 heteroatoms. The van der Waals surface area contributed by atoms with Crippen molar-refractivity contribution in [1.29, 1.82) is 0 Å². The lowest BCUT2D eigenvalue weighted by Gasteiger charge is -2.49. The maximum atomic E-state index is 14.8. The van der Waals surface area contributed by atoms with E-state index in [1.165, 1.54) is 4.90 Å². The van der Waals surface area contributed by atoms with Crippen LogP contribution in [0, 0.1) is 13.8 Å². The van der Waals surface area contributed by atoms with Gasteiger partial charge in [-0.1, -0.05) is 13.3 Å². The van der Waals surface area contributed by atoms with Crippen LogP contribution in [0.3, 0.4) is 0 Å². The number of pyridine rings is 1. The van der Waals surface area contributed by atoms with Crippen LogP contribution in [0.1, 0.15) is 83.4 Å². The third-order valence-corrected chi connectivity index (χ3v) is 9.33. The third kappa shape index (κ3) is 6.55. The van der Waals surface area contributed by atoms with Crippen molar-refractivity contribution < 1.29 is 40.7 Å². The number of aryl methyl sites for hydroxylation is 2. The summed E-state index contributed by atoms with van der Waals surface area (Å²) in [6.07, 6.45) is -6.04. The van der Waals surface area contributed by atoms with Crippen LogP contribution < -0.4 is 4.74 Å². The van der Waals surface area contributed by atoms with Gasteiger partial charge < -0.3 is 14.5 Å². The number of alkyl halides is 6. The first kappa shape index (κ1) is 34.2. The topological polar surface area (TPSA) is 80.6 Å². The molecule has 3 aromatic rings. The summed E-state index contributed by atoms with van der Waals surface area (Å²) in [5, 5.41) is 4.51. The molecular formula is C33H37F6N5O3. The van der Waals surface area contributed by atoms with Gasteiger partial charge in [-0.15, -0.1) is 0 Å². The standard InChI is InChI=1S/C33H37F6N5O3/c1-5-7-27-31(47-24-10-8-23(9-11-24)32(34,35)36,30(46)43-17-13-22(19-43)28-20(2)41-42(4)21(28)3)14-6-16-44(27)29(45)25-18-40-15-12-26(25)33(37,38)39/h8-12,15,18,22,27H,5-7,13-14,16-17,19H2,1-4H3/t22?,27-,31+/m1/s1. The Bertz CT molecular complexity index is 1620. The molecule has 2 aromatic heterocycles. The van der Waals surface area contributed by atoms with Gasteiger partial charge in [0.15, 0.2) is 0 Å². The van der Waals surface area contributed by atoms with E-state index in [0.29, 0.717) is 25.9 Å². The highest BCUT2D eigenvalue weighted by Gasteiger charge is 2.56. The van der Waals surface area contributed by atoms with E-state index in [9.17, 15) is 35.9 Å². The number of piperidine rings is 1. The van der Waals surface area contributed by atoms with Gasteiger partial charge in [0.25, 0.3) is 11.8 Å². The Kier molecular flexibility index (Phi) is 9.35. The van der Waals surface area contributed by atoms with E-state index < -0.39 is 52.5 Å². The number of aromatic nitrogens is 3. The zero-order valence-electron chi connectivity index (χ0n) is 26.6. The number of halogens is 6. The number of hydrogen-bond acceptors (Lipinski definition) is 5. The van der Waals surface area contributed by atoms with Crippen molar-refractivity contribution in [1.82, 2.24) is 24.6 Å². The Hall–Kier alpha value is -4.10. The lowest BCUT2D eigenvalue weighted by molar-refractivity contribution is -0.158. The van der Waals surface area contributed by atoms with Gasteiger partial charge in [0.1, 0.15) is 5.75 Å². The van der Waals surface area contributed by atoms with Gasteiger partial charge in [0.2, 0.25) is 5.60 Å². The number of nitrogens with zero attached hydrogens (tertiary/aromatic N) is 5. The minimum Gasteiger partial charge on any atom is -0.475 e. The summed E-state index contributed by atoms with van der Waals surface area (Å²) < 4.78 is 90.2. The summed E-state index contributed by atoms with van der Waals surface area (Å²) >= 11 is 0. The quantitative estimate of drug-likeness (QED) is 0.262. The summed E-state index contributed by atoms with van der Waals surface area (Å²) in [6, 6.07) is 3.65. The first-order valence-corrected chi connectivity index (χ1v) is 15.6. The molecule has 1 aromatic carbocycles. The molecule has 2 saturated heterocycles. The van der Waals surface area contributed by atoms with E-state index >= 15 is 0 Å². The van der Waals surface area contributed by atoms with E-state index in [1.807, 2.05) is 27.8 Å². The Morgan fingerprint density at radius 3 is 2.32 bits per heavy atom. The highest BCUT2D eigenvalue weighted by molar-refractivity contribution is 5.97. The number of amides is 2. The minimum atomic E-state index is -4.83. The molecule has 3 atom stereocenters. The molecule has 0 aliphatic carbocycles. The Labute approximate surface area is 268 Å². The number of ether oxygens (including phenoxy) is 1. The fraction of sp³-hybridized carbons (Fsp3) is 0.515. The number of carbonyl (C=O) groups is 2. The van der Waals surface area contributed by atoms with Gasteiger partial charge in [-0.3, -0.25) is 19.3 Å². The van der Waals surface area contributed by atoms with E-state index in [1.54, 1.807) is 9.58 Å². The smallest absolute Gasteiger partial charge is 0.417 e. The van der Waals surface area contributed by atoms with Crippen molar-refractivity contribution in [2.45, 2.75) is 82.8 Å². The molecule has 254 valence electrons. The van der Waals surface area contributed by atoms with E-state index in [0.717, 1.165) is 59.7 Å². The SMILES string of the molecule is CCC[C@H]1N(C(=O)c2cnccc2C(F)(F)F)CCC[C@@]1(Oc1ccc(C(F)(F)F)cc1)C(=O)N1CCC(c2c(C)nn(C)c2C)C1. The Morgan fingerprint density at radius 1 is 1.02 bits per heavy atom. The molecule has 2 aliphatic rings. The fourth-order valence-corrected chi connectivity index (χ4v) is 7.12. The van der Waals surface area contributed by atoms with Crippen LogP contribution in [0.15, 0.2) is 42.7 Å². The van der Waals surface area contributed by atoms with Gasteiger partial charge in [-0.05, 0) is 63.4 Å². The molecule has 0 saturated carbocycles. The lowest BCUT2D eigenvalue weighted by atomic mass is 9.79. The predicted molar refractivity (Wildman–Crippen MR) is 160 cm³/mol. The molecule has 1 unspecified atom stereocenters. The number of benzene rings is 1. The highest BCUT2D eigenvalue weighted by atomic mass is 19.4.